The summed E-state index contributed by atoms with van der Waals surface area (Å²) < 4.78 is 1.57. The minimum atomic E-state index is -0.333. The molecule has 128 valence electrons. The van der Waals surface area contributed by atoms with Gasteiger partial charge in [-0.15, -0.1) is 5.10 Å². The van der Waals surface area contributed by atoms with Crippen LogP contribution in [0.25, 0.3) is 16.1 Å². The Morgan fingerprint density at radius 3 is 2.46 bits per heavy atom. The predicted molar refractivity (Wildman–Crippen MR) is 102 cm³/mol. The molecule has 6 nitrogen and oxygen atoms in total. The molecule has 0 unspecified atom stereocenters. The van der Waals surface area contributed by atoms with Gasteiger partial charge in [0.1, 0.15) is 0 Å². The molecule has 0 saturated heterocycles. The molecule has 0 atom stereocenters. The van der Waals surface area contributed by atoms with Crippen molar-refractivity contribution in [1.82, 2.24) is 20.0 Å². The summed E-state index contributed by atoms with van der Waals surface area (Å²) in [6.45, 7) is 1.93. The second-order valence-corrected chi connectivity index (χ2v) is 6.64. The number of carbonyl (C=O) groups is 1. The molecule has 1 amide bonds. The van der Waals surface area contributed by atoms with Gasteiger partial charge in [-0.05, 0) is 24.6 Å². The van der Waals surface area contributed by atoms with E-state index in [9.17, 15) is 4.79 Å². The molecular formula is C19H15N5OS. The van der Waals surface area contributed by atoms with Gasteiger partial charge in [-0.2, -0.15) is 0 Å². The van der Waals surface area contributed by atoms with Crippen LogP contribution < -0.4 is 5.32 Å². The van der Waals surface area contributed by atoms with Gasteiger partial charge >= 0.3 is 0 Å². The van der Waals surface area contributed by atoms with Gasteiger partial charge in [0.15, 0.2) is 10.8 Å². The van der Waals surface area contributed by atoms with Crippen LogP contribution in [-0.2, 0) is 0 Å². The van der Waals surface area contributed by atoms with Crippen molar-refractivity contribution in [2.24, 2.45) is 0 Å². The standard InChI is InChI=1S/C19H15N5OS/c1-13-17(14-8-4-2-5-9-14)26-19(20-13)21-18(25)16-12-24(23-22-16)15-10-6-3-7-11-15/h2-12H,1H3,(H,20,21,25). The Balaban J connectivity index is 1.53. The molecule has 4 rings (SSSR count). The van der Waals surface area contributed by atoms with Crippen molar-refractivity contribution in [2.75, 3.05) is 5.32 Å². The molecule has 0 aliphatic rings. The molecule has 2 aromatic heterocycles. The van der Waals surface area contributed by atoms with Crippen LogP contribution in [-0.4, -0.2) is 25.9 Å². The fourth-order valence-electron chi connectivity index (χ4n) is 2.54. The highest BCUT2D eigenvalue weighted by Gasteiger charge is 2.15. The lowest BCUT2D eigenvalue weighted by Crippen LogP contribution is -2.12. The van der Waals surface area contributed by atoms with Crippen LogP contribution in [0, 0.1) is 6.92 Å². The third-order valence-corrected chi connectivity index (χ3v) is 4.92. The molecule has 0 spiro atoms. The monoisotopic (exact) mass is 361 g/mol. The number of nitrogens with zero attached hydrogens (tertiary/aromatic N) is 4. The number of rotatable bonds is 4. The summed E-state index contributed by atoms with van der Waals surface area (Å²) in [4.78, 5) is 17.9. The van der Waals surface area contributed by atoms with E-state index in [-0.39, 0.29) is 11.6 Å². The van der Waals surface area contributed by atoms with E-state index in [2.05, 4.69) is 20.6 Å². The second kappa shape index (κ2) is 6.89. The van der Waals surface area contributed by atoms with Gasteiger partial charge in [0.2, 0.25) is 0 Å². The van der Waals surface area contributed by atoms with Crippen LogP contribution in [0.4, 0.5) is 5.13 Å². The summed E-state index contributed by atoms with van der Waals surface area (Å²) in [7, 11) is 0. The second-order valence-electron chi connectivity index (χ2n) is 5.64. The molecule has 0 aliphatic carbocycles. The van der Waals surface area contributed by atoms with Crippen LogP contribution in [0.3, 0.4) is 0 Å². The molecule has 4 aromatic rings. The van der Waals surface area contributed by atoms with E-state index in [1.54, 1.807) is 10.9 Å². The number of hydrogen-bond acceptors (Lipinski definition) is 5. The fourth-order valence-corrected chi connectivity index (χ4v) is 3.51. The van der Waals surface area contributed by atoms with E-state index >= 15 is 0 Å². The van der Waals surface area contributed by atoms with E-state index in [1.165, 1.54) is 11.3 Å². The van der Waals surface area contributed by atoms with Crippen molar-refractivity contribution in [3.05, 3.63) is 78.2 Å². The molecule has 0 saturated carbocycles. The van der Waals surface area contributed by atoms with E-state index in [0.717, 1.165) is 21.8 Å². The first-order chi connectivity index (χ1) is 12.7. The third-order valence-electron chi connectivity index (χ3n) is 3.80. The lowest BCUT2D eigenvalue weighted by Gasteiger charge is -1.98. The maximum absolute atomic E-state index is 12.5. The molecule has 0 aliphatic heterocycles. The SMILES string of the molecule is Cc1nc(NC(=O)c2cn(-c3ccccc3)nn2)sc1-c1ccccc1. The smallest absolute Gasteiger partial charge is 0.279 e. The lowest BCUT2D eigenvalue weighted by molar-refractivity contribution is 0.102. The van der Waals surface area contributed by atoms with Gasteiger partial charge in [-0.1, -0.05) is 65.1 Å². The van der Waals surface area contributed by atoms with E-state index in [0.29, 0.717) is 5.13 Å². The van der Waals surface area contributed by atoms with Crippen molar-refractivity contribution < 1.29 is 4.79 Å². The number of aromatic nitrogens is 4. The molecule has 7 heteroatoms. The Bertz CT molecular complexity index is 1040. The largest absolute Gasteiger partial charge is 0.296 e. The Hall–Kier alpha value is -3.32. The number of anilines is 1. The lowest BCUT2D eigenvalue weighted by atomic mass is 10.2. The molecule has 0 radical (unpaired) electrons. The van der Waals surface area contributed by atoms with Crippen LogP contribution in [0.5, 0.6) is 0 Å². The third kappa shape index (κ3) is 3.25. The maximum Gasteiger partial charge on any atom is 0.279 e. The van der Waals surface area contributed by atoms with Crippen molar-refractivity contribution in [1.29, 1.82) is 0 Å². The van der Waals surface area contributed by atoms with E-state index < -0.39 is 0 Å². The quantitative estimate of drug-likeness (QED) is 0.597. The normalized spacial score (nSPS) is 10.7. The average molecular weight is 361 g/mol. The molecule has 0 bridgehead atoms. The van der Waals surface area contributed by atoms with Crippen LogP contribution in [0.2, 0.25) is 0 Å². The Kier molecular flexibility index (Phi) is 4.28. The first-order valence-electron chi connectivity index (χ1n) is 8.03. The number of hydrogen-bond donors (Lipinski definition) is 1. The zero-order chi connectivity index (χ0) is 17.9. The van der Waals surface area contributed by atoms with Crippen molar-refractivity contribution in [3.8, 4) is 16.1 Å². The van der Waals surface area contributed by atoms with Crippen molar-refractivity contribution >= 4 is 22.4 Å². The average Bonchev–Trinajstić information content (AvgIpc) is 3.30. The van der Waals surface area contributed by atoms with Gasteiger partial charge in [-0.25, -0.2) is 9.67 Å². The topological polar surface area (TPSA) is 72.7 Å². The minimum absolute atomic E-state index is 0.239. The Morgan fingerprint density at radius 1 is 1.04 bits per heavy atom. The van der Waals surface area contributed by atoms with E-state index in [4.69, 9.17) is 0 Å². The highest BCUT2D eigenvalue weighted by Crippen LogP contribution is 2.32. The van der Waals surface area contributed by atoms with Gasteiger partial charge in [0, 0.05) is 0 Å². The number of carbonyl (C=O) groups excluding carboxylic acids is 1. The molecule has 0 fully saturated rings. The number of benzene rings is 2. The predicted octanol–water partition coefficient (Wildman–Crippen LogP) is 3.95. The van der Waals surface area contributed by atoms with Crippen LogP contribution in [0.15, 0.2) is 66.9 Å². The highest BCUT2D eigenvalue weighted by atomic mass is 32.1. The van der Waals surface area contributed by atoms with Crippen LogP contribution in [0.1, 0.15) is 16.2 Å². The Labute approximate surface area is 154 Å². The van der Waals surface area contributed by atoms with Crippen molar-refractivity contribution in [2.45, 2.75) is 6.92 Å². The molecule has 1 N–H and O–H groups in total. The Morgan fingerprint density at radius 2 is 1.73 bits per heavy atom. The summed E-state index contributed by atoms with van der Waals surface area (Å²) in [5, 5.41) is 11.3. The minimum Gasteiger partial charge on any atom is -0.296 e. The molecule has 2 heterocycles. The van der Waals surface area contributed by atoms with Gasteiger partial charge in [-0.3, -0.25) is 10.1 Å². The summed E-state index contributed by atoms with van der Waals surface area (Å²) in [6, 6.07) is 19.5. The zero-order valence-corrected chi connectivity index (χ0v) is 14.8. The summed E-state index contributed by atoms with van der Waals surface area (Å²) in [6.07, 6.45) is 1.60. The maximum atomic E-state index is 12.5. The highest BCUT2D eigenvalue weighted by molar-refractivity contribution is 7.19. The van der Waals surface area contributed by atoms with Crippen LogP contribution >= 0.6 is 11.3 Å². The first-order valence-corrected chi connectivity index (χ1v) is 8.84. The molecule has 2 aromatic carbocycles. The fraction of sp³-hybridized carbons (Fsp3) is 0.0526. The summed E-state index contributed by atoms with van der Waals surface area (Å²) >= 11 is 1.44. The number of para-hydroxylation sites is 1. The summed E-state index contributed by atoms with van der Waals surface area (Å²) in [5.74, 6) is -0.333. The molecular weight excluding hydrogens is 346 g/mol. The van der Waals surface area contributed by atoms with Gasteiger partial charge < -0.3 is 0 Å². The van der Waals surface area contributed by atoms with Gasteiger partial charge in [0.05, 0.1) is 22.5 Å². The summed E-state index contributed by atoms with van der Waals surface area (Å²) in [5.41, 5.74) is 3.04. The number of thiazole rings is 1. The zero-order valence-electron chi connectivity index (χ0n) is 14.0. The number of amides is 1. The van der Waals surface area contributed by atoms with E-state index in [1.807, 2.05) is 67.6 Å². The van der Waals surface area contributed by atoms with Gasteiger partial charge in [0.25, 0.3) is 5.91 Å². The first kappa shape index (κ1) is 16.2. The van der Waals surface area contributed by atoms with Crippen molar-refractivity contribution in [3.63, 3.8) is 0 Å². The number of aryl methyl sites for hydroxylation is 1. The molecule has 26 heavy (non-hydrogen) atoms. The number of nitrogens with one attached hydrogen (secondary N) is 1.